The first-order valence-electron chi connectivity index (χ1n) is 5.86. The van der Waals surface area contributed by atoms with Crippen molar-refractivity contribution in [1.82, 2.24) is 10.3 Å². The number of anilines is 1. The highest BCUT2D eigenvalue weighted by Gasteiger charge is 2.15. The van der Waals surface area contributed by atoms with Gasteiger partial charge < -0.3 is 5.01 Å². The molecule has 0 spiro atoms. The van der Waals surface area contributed by atoms with Crippen molar-refractivity contribution in [3.05, 3.63) is 30.3 Å². The number of para-hydroxylation sites is 1. The molecule has 6 heteroatoms. The summed E-state index contributed by atoms with van der Waals surface area (Å²) in [4.78, 5) is 24.3. The van der Waals surface area contributed by atoms with Crippen LogP contribution < -0.4 is 10.2 Å². The smallest absolute Gasteiger partial charge is 0.301 e. The van der Waals surface area contributed by atoms with Crippen LogP contribution in [0.25, 0.3) is 0 Å². The summed E-state index contributed by atoms with van der Waals surface area (Å²) in [5.41, 5.74) is 0.748. The summed E-state index contributed by atoms with van der Waals surface area (Å²) in [6.07, 6.45) is 1.59. The van der Waals surface area contributed by atoms with Crippen LogP contribution in [0.2, 0.25) is 0 Å². The predicted molar refractivity (Wildman–Crippen MR) is 74.8 cm³/mol. The molecular weight excluding hydrogens is 244 g/mol. The van der Waals surface area contributed by atoms with Crippen molar-refractivity contribution >= 4 is 23.8 Å². The molecule has 0 atom stereocenters. The maximum atomic E-state index is 12.1. The van der Waals surface area contributed by atoms with Crippen LogP contribution in [-0.4, -0.2) is 43.8 Å². The van der Waals surface area contributed by atoms with E-state index < -0.39 is 6.03 Å². The van der Waals surface area contributed by atoms with Gasteiger partial charge in [-0.05, 0) is 19.1 Å². The molecule has 0 saturated carbocycles. The SMILES string of the molecule is CCN(C(=O)NC([C]=O)=NN(C)C)c1ccccc1. The number of rotatable bonds is 4. The Kier molecular flexibility index (Phi) is 5.53. The molecule has 0 unspecified atom stereocenters. The van der Waals surface area contributed by atoms with E-state index in [1.54, 1.807) is 20.4 Å². The fourth-order valence-corrected chi connectivity index (χ4v) is 1.49. The number of amidine groups is 1. The van der Waals surface area contributed by atoms with E-state index in [2.05, 4.69) is 10.4 Å². The minimum atomic E-state index is -0.419. The molecule has 0 aliphatic rings. The Balaban J connectivity index is 2.83. The van der Waals surface area contributed by atoms with Gasteiger partial charge in [0.2, 0.25) is 5.84 Å². The van der Waals surface area contributed by atoms with Gasteiger partial charge in [-0.3, -0.25) is 15.0 Å². The Labute approximate surface area is 112 Å². The van der Waals surface area contributed by atoms with E-state index >= 15 is 0 Å². The Hall–Kier alpha value is -2.37. The second-order valence-corrected chi connectivity index (χ2v) is 3.91. The Bertz CT molecular complexity index is 457. The number of hydrogen-bond donors (Lipinski definition) is 1. The molecule has 19 heavy (non-hydrogen) atoms. The zero-order valence-electron chi connectivity index (χ0n) is 11.3. The number of carbonyl (C=O) groups excluding carboxylic acids is 2. The number of urea groups is 1. The molecule has 1 N–H and O–H groups in total. The first-order valence-corrected chi connectivity index (χ1v) is 5.86. The van der Waals surface area contributed by atoms with Crippen molar-refractivity contribution in [3.8, 4) is 0 Å². The monoisotopic (exact) mass is 261 g/mol. The fourth-order valence-electron chi connectivity index (χ4n) is 1.49. The van der Waals surface area contributed by atoms with Crippen LogP contribution in [0, 0.1) is 0 Å². The van der Waals surface area contributed by atoms with Crippen molar-refractivity contribution < 1.29 is 9.59 Å². The highest BCUT2D eigenvalue weighted by molar-refractivity contribution is 6.31. The van der Waals surface area contributed by atoms with Gasteiger partial charge in [-0.1, -0.05) is 18.2 Å². The number of carbonyl (C=O) groups is 1. The van der Waals surface area contributed by atoms with Gasteiger partial charge in [0.15, 0.2) is 0 Å². The zero-order chi connectivity index (χ0) is 14.3. The summed E-state index contributed by atoms with van der Waals surface area (Å²) in [6.45, 7) is 2.32. The van der Waals surface area contributed by atoms with Gasteiger partial charge in [-0.15, -0.1) is 0 Å². The molecule has 1 radical (unpaired) electrons. The summed E-state index contributed by atoms with van der Waals surface area (Å²) in [5, 5.41) is 7.65. The number of nitrogens with one attached hydrogen (secondary N) is 1. The number of hydrogen-bond acceptors (Lipinski definition) is 4. The lowest BCUT2D eigenvalue weighted by molar-refractivity contribution is 0.250. The van der Waals surface area contributed by atoms with Crippen LogP contribution in [0.4, 0.5) is 10.5 Å². The predicted octanol–water partition coefficient (Wildman–Crippen LogP) is 1.21. The largest absolute Gasteiger partial charge is 0.327 e. The van der Waals surface area contributed by atoms with Crippen LogP contribution in [0.3, 0.4) is 0 Å². The van der Waals surface area contributed by atoms with Crippen LogP contribution >= 0.6 is 0 Å². The van der Waals surface area contributed by atoms with Gasteiger partial charge in [0.05, 0.1) is 0 Å². The van der Waals surface area contributed by atoms with E-state index in [-0.39, 0.29) is 5.84 Å². The molecule has 101 valence electrons. The van der Waals surface area contributed by atoms with Gasteiger partial charge in [0.25, 0.3) is 6.29 Å². The Morgan fingerprint density at radius 3 is 2.42 bits per heavy atom. The highest BCUT2D eigenvalue weighted by atomic mass is 16.2. The second kappa shape index (κ2) is 7.15. The molecule has 1 aromatic rings. The number of nitrogens with zero attached hydrogens (tertiary/aromatic N) is 3. The first-order chi connectivity index (χ1) is 9.08. The summed E-state index contributed by atoms with van der Waals surface area (Å²) in [5.74, 6) is -0.149. The third-order valence-corrected chi connectivity index (χ3v) is 2.25. The van der Waals surface area contributed by atoms with E-state index in [1.165, 1.54) is 9.91 Å². The van der Waals surface area contributed by atoms with E-state index in [0.29, 0.717) is 6.54 Å². The topological polar surface area (TPSA) is 65.0 Å². The third kappa shape index (κ3) is 4.42. The molecule has 0 fully saturated rings. The van der Waals surface area contributed by atoms with Gasteiger partial charge in [0, 0.05) is 26.3 Å². The van der Waals surface area contributed by atoms with Crippen molar-refractivity contribution in [2.45, 2.75) is 6.92 Å². The highest BCUT2D eigenvalue weighted by Crippen LogP contribution is 2.12. The van der Waals surface area contributed by atoms with Gasteiger partial charge >= 0.3 is 6.03 Å². The molecule has 0 aliphatic carbocycles. The van der Waals surface area contributed by atoms with Crippen molar-refractivity contribution in [2.75, 3.05) is 25.5 Å². The molecule has 6 nitrogen and oxygen atoms in total. The quantitative estimate of drug-likeness (QED) is 0.503. The summed E-state index contributed by atoms with van der Waals surface area (Å²) in [7, 11) is 3.30. The van der Waals surface area contributed by atoms with E-state index in [0.717, 1.165) is 5.69 Å². The van der Waals surface area contributed by atoms with E-state index in [1.807, 2.05) is 37.3 Å². The minimum Gasteiger partial charge on any atom is -0.301 e. The summed E-state index contributed by atoms with van der Waals surface area (Å²) in [6, 6.07) is 8.76. The molecule has 0 bridgehead atoms. The fraction of sp³-hybridized carbons (Fsp3) is 0.308. The molecule has 0 heterocycles. The van der Waals surface area contributed by atoms with Gasteiger partial charge in [-0.25, -0.2) is 4.79 Å². The first kappa shape index (κ1) is 14.7. The standard InChI is InChI=1S/C13H17N4O2/c1-4-17(11-8-6-5-7-9-11)13(19)14-12(10-18)15-16(2)3/h5-9H,4H2,1-3H3,(H,14,15,19). The van der Waals surface area contributed by atoms with Gasteiger partial charge in [0.1, 0.15) is 0 Å². The maximum absolute atomic E-state index is 12.1. The second-order valence-electron chi connectivity index (χ2n) is 3.91. The molecule has 1 aromatic carbocycles. The van der Waals surface area contributed by atoms with Crippen LogP contribution in [-0.2, 0) is 4.79 Å². The lowest BCUT2D eigenvalue weighted by atomic mass is 10.3. The number of benzene rings is 1. The van der Waals surface area contributed by atoms with Crippen LogP contribution in [0.15, 0.2) is 35.4 Å². The average Bonchev–Trinajstić information content (AvgIpc) is 2.39. The Morgan fingerprint density at radius 1 is 1.32 bits per heavy atom. The van der Waals surface area contributed by atoms with E-state index in [9.17, 15) is 9.59 Å². The summed E-state index contributed by atoms with van der Waals surface area (Å²) >= 11 is 0. The molecule has 0 aromatic heterocycles. The molecule has 1 rings (SSSR count). The molecule has 0 saturated heterocycles. The summed E-state index contributed by atoms with van der Waals surface area (Å²) < 4.78 is 0. The lowest BCUT2D eigenvalue weighted by Gasteiger charge is -2.21. The number of hydrazone groups is 1. The zero-order valence-corrected chi connectivity index (χ0v) is 11.3. The third-order valence-electron chi connectivity index (χ3n) is 2.25. The minimum absolute atomic E-state index is 0.149. The van der Waals surface area contributed by atoms with Crippen LogP contribution in [0.1, 0.15) is 6.92 Å². The number of amides is 2. The average molecular weight is 261 g/mol. The van der Waals surface area contributed by atoms with E-state index in [4.69, 9.17) is 0 Å². The van der Waals surface area contributed by atoms with Crippen molar-refractivity contribution in [1.29, 1.82) is 0 Å². The molecule has 2 amide bonds. The lowest BCUT2D eigenvalue weighted by Crippen LogP contribution is -2.44. The van der Waals surface area contributed by atoms with Gasteiger partial charge in [-0.2, -0.15) is 5.10 Å². The van der Waals surface area contributed by atoms with Crippen molar-refractivity contribution in [2.24, 2.45) is 5.10 Å². The molecular formula is C13H17N4O2. The maximum Gasteiger partial charge on any atom is 0.327 e. The Morgan fingerprint density at radius 2 is 1.95 bits per heavy atom. The normalized spacial score (nSPS) is 10.8. The molecule has 0 aliphatic heterocycles. The van der Waals surface area contributed by atoms with Crippen molar-refractivity contribution in [3.63, 3.8) is 0 Å². The van der Waals surface area contributed by atoms with Crippen LogP contribution in [0.5, 0.6) is 0 Å².